The molecule has 0 saturated carbocycles. The van der Waals surface area contributed by atoms with Crippen molar-refractivity contribution in [1.29, 1.82) is 0 Å². The molecule has 0 bridgehead atoms. The van der Waals surface area contributed by atoms with Crippen molar-refractivity contribution in [2.45, 2.75) is 52.0 Å². The third kappa shape index (κ3) is 3.03. The maximum atomic E-state index is 12.9. The SMILES string of the molecule is Cc1oc(C)c(S(=O)(=O)N2CCC(C(C)C)CC2)c1CN. The molecule has 2 rings (SSSR count). The number of hydrogen-bond donors (Lipinski definition) is 1. The zero-order chi connectivity index (χ0) is 15.8. The Labute approximate surface area is 127 Å². The van der Waals surface area contributed by atoms with E-state index in [4.69, 9.17) is 10.2 Å². The van der Waals surface area contributed by atoms with Gasteiger partial charge in [-0.05, 0) is 38.5 Å². The van der Waals surface area contributed by atoms with E-state index in [1.807, 2.05) is 0 Å². The Kier molecular flexibility index (Phi) is 4.80. The number of aryl methyl sites for hydroxylation is 2. The predicted molar refractivity (Wildman–Crippen MR) is 82.4 cm³/mol. The maximum absolute atomic E-state index is 12.9. The van der Waals surface area contributed by atoms with Crippen LogP contribution in [-0.4, -0.2) is 25.8 Å². The van der Waals surface area contributed by atoms with E-state index in [-0.39, 0.29) is 11.4 Å². The second-order valence-corrected chi connectivity index (χ2v) is 8.09. The zero-order valence-electron chi connectivity index (χ0n) is 13.3. The molecule has 2 heterocycles. The highest BCUT2D eigenvalue weighted by atomic mass is 32.2. The van der Waals surface area contributed by atoms with Crippen LogP contribution in [0.2, 0.25) is 0 Å². The van der Waals surface area contributed by atoms with Crippen LogP contribution in [0.1, 0.15) is 43.8 Å². The van der Waals surface area contributed by atoms with Gasteiger partial charge in [-0.15, -0.1) is 0 Å². The monoisotopic (exact) mass is 314 g/mol. The van der Waals surface area contributed by atoms with Crippen molar-refractivity contribution in [3.8, 4) is 0 Å². The lowest BCUT2D eigenvalue weighted by Crippen LogP contribution is -2.40. The molecule has 120 valence electrons. The van der Waals surface area contributed by atoms with Gasteiger partial charge in [0.25, 0.3) is 0 Å². The molecule has 0 spiro atoms. The third-order valence-corrected chi connectivity index (χ3v) is 6.66. The Bertz CT molecular complexity index is 597. The van der Waals surface area contributed by atoms with Crippen LogP contribution >= 0.6 is 0 Å². The van der Waals surface area contributed by atoms with E-state index in [2.05, 4.69) is 13.8 Å². The fraction of sp³-hybridized carbons (Fsp3) is 0.733. The Morgan fingerprint density at radius 2 is 1.81 bits per heavy atom. The van der Waals surface area contributed by atoms with Crippen molar-refractivity contribution < 1.29 is 12.8 Å². The molecule has 0 atom stereocenters. The zero-order valence-corrected chi connectivity index (χ0v) is 14.2. The van der Waals surface area contributed by atoms with E-state index < -0.39 is 10.0 Å². The summed E-state index contributed by atoms with van der Waals surface area (Å²) in [6.45, 7) is 9.20. The van der Waals surface area contributed by atoms with Crippen molar-refractivity contribution in [2.24, 2.45) is 17.6 Å². The number of furan rings is 1. The van der Waals surface area contributed by atoms with Gasteiger partial charge in [0.05, 0.1) is 0 Å². The van der Waals surface area contributed by atoms with E-state index >= 15 is 0 Å². The van der Waals surface area contributed by atoms with Crippen molar-refractivity contribution in [2.75, 3.05) is 13.1 Å². The van der Waals surface area contributed by atoms with E-state index in [0.717, 1.165) is 12.8 Å². The molecule has 5 nitrogen and oxygen atoms in total. The van der Waals surface area contributed by atoms with Gasteiger partial charge >= 0.3 is 0 Å². The lowest BCUT2D eigenvalue weighted by Gasteiger charge is -2.33. The van der Waals surface area contributed by atoms with Gasteiger partial charge in [-0.2, -0.15) is 4.31 Å². The molecule has 1 saturated heterocycles. The Hall–Kier alpha value is -0.850. The summed E-state index contributed by atoms with van der Waals surface area (Å²) >= 11 is 0. The lowest BCUT2D eigenvalue weighted by atomic mass is 9.87. The van der Waals surface area contributed by atoms with Crippen molar-refractivity contribution >= 4 is 10.0 Å². The van der Waals surface area contributed by atoms with E-state index in [1.54, 1.807) is 18.2 Å². The van der Waals surface area contributed by atoms with Crippen LogP contribution in [0.15, 0.2) is 9.31 Å². The molecule has 1 aliphatic heterocycles. The molecule has 2 N–H and O–H groups in total. The van der Waals surface area contributed by atoms with E-state index in [9.17, 15) is 8.42 Å². The number of nitrogens with zero attached hydrogens (tertiary/aromatic N) is 1. The van der Waals surface area contributed by atoms with Crippen LogP contribution in [0.3, 0.4) is 0 Å². The van der Waals surface area contributed by atoms with Crippen LogP contribution in [0.5, 0.6) is 0 Å². The van der Waals surface area contributed by atoms with Crippen molar-refractivity contribution in [3.05, 3.63) is 17.1 Å². The minimum atomic E-state index is -3.50. The first-order chi connectivity index (χ1) is 9.78. The predicted octanol–water partition coefficient (Wildman–Crippen LogP) is 2.41. The number of nitrogens with two attached hydrogens (primary N) is 1. The summed E-state index contributed by atoms with van der Waals surface area (Å²) in [5.74, 6) is 2.26. The average molecular weight is 314 g/mol. The molecule has 1 aromatic heterocycles. The summed E-state index contributed by atoms with van der Waals surface area (Å²) in [6.07, 6.45) is 1.84. The highest BCUT2D eigenvalue weighted by Gasteiger charge is 2.34. The smallest absolute Gasteiger partial charge is 0.246 e. The third-order valence-electron chi connectivity index (χ3n) is 4.57. The summed E-state index contributed by atoms with van der Waals surface area (Å²) in [5, 5.41) is 0. The molecule has 6 heteroatoms. The molecule has 0 radical (unpaired) electrons. The first kappa shape index (κ1) is 16.5. The first-order valence-electron chi connectivity index (χ1n) is 7.58. The van der Waals surface area contributed by atoms with E-state index in [0.29, 0.717) is 42.0 Å². The summed E-state index contributed by atoms with van der Waals surface area (Å²) in [5.41, 5.74) is 6.32. The molecule has 1 aromatic rings. The summed E-state index contributed by atoms with van der Waals surface area (Å²) in [6, 6.07) is 0. The number of hydrogen-bond acceptors (Lipinski definition) is 4. The molecule has 0 aliphatic carbocycles. The van der Waals surface area contributed by atoms with Crippen LogP contribution in [0, 0.1) is 25.7 Å². The quantitative estimate of drug-likeness (QED) is 0.926. The normalized spacial score (nSPS) is 18.6. The van der Waals surface area contributed by atoms with Gasteiger partial charge < -0.3 is 10.2 Å². The van der Waals surface area contributed by atoms with E-state index in [1.165, 1.54) is 0 Å². The topological polar surface area (TPSA) is 76.5 Å². The summed E-state index contributed by atoms with van der Waals surface area (Å²) < 4.78 is 32.8. The summed E-state index contributed by atoms with van der Waals surface area (Å²) in [7, 11) is -3.50. The number of piperidine rings is 1. The second-order valence-electron chi connectivity index (χ2n) is 6.21. The van der Waals surface area contributed by atoms with Gasteiger partial charge in [0, 0.05) is 25.2 Å². The minimum absolute atomic E-state index is 0.181. The Morgan fingerprint density at radius 3 is 2.29 bits per heavy atom. The number of rotatable bonds is 4. The first-order valence-corrected chi connectivity index (χ1v) is 9.02. The van der Waals surface area contributed by atoms with Gasteiger partial charge in [0.2, 0.25) is 10.0 Å². The fourth-order valence-electron chi connectivity index (χ4n) is 3.20. The number of sulfonamides is 1. The maximum Gasteiger partial charge on any atom is 0.246 e. The molecular formula is C15H26N2O3S. The molecule has 21 heavy (non-hydrogen) atoms. The summed E-state index contributed by atoms with van der Waals surface area (Å²) in [4.78, 5) is 0.283. The Morgan fingerprint density at radius 1 is 1.24 bits per heavy atom. The molecule has 1 fully saturated rings. The fourth-order valence-corrected chi connectivity index (χ4v) is 5.09. The second kappa shape index (κ2) is 6.10. The standard InChI is InChI=1S/C15H26N2O3S/c1-10(2)13-5-7-17(8-6-13)21(18,19)15-12(4)20-11(3)14(15)9-16/h10,13H,5-9,16H2,1-4H3. The molecule has 0 unspecified atom stereocenters. The van der Waals surface area contributed by atoms with Crippen LogP contribution in [-0.2, 0) is 16.6 Å². The molecular weight excluding hydrogens is 288 g/mol. The van der Waals surface area contributed by atoms with Gasteiger partial charge in [-0.25, -0.2) is 8.42 Å². The highest BCUT2D eigenvalue weighted by molar-refractivity contribution is 7.89. The van der Waals surface area contributed by atoms with Crippen molar-refractivity contribution in [3.63, 3.8) is 0 Å². The Balaban J connectivity index is 2.28. The lowest BCUT2D eigenvalue weighted by molar-refractivity contribution is 0.226. The molecule has 1 aliphatic rings. The van der Waals surface area contributed by atoms with Crippen LogP contribution < -0.4 is 5.73 Å². The molecule has 0 aromatic carbocycles. The van der Waals surface area contributed by atoms with Gasteiger partial charge in [-0.1, -0.05) is 13.8 Å². The highest BCUT2D eigenvalue weighted by Crippen LogP contribution is 2.32. The largest absolute Gasteiger partial charge is 0.465 e. The van der Waals surface area contributed by atoms with Gasteiger partial charge in [0.1, 0.15) is 16.4 Å². The minimum Gasteiger partial charge on any atom is -0.465 e. The van der Waals surface area contributed by atoms with Crippen LogP contribution in [0.4, 0.5) is 0 Å². The average Bonchev–Trinajstić information content (AvgIpc) is 2.73. The molecule has 0 amide bonds. The van der Waals surface area contributed by atoms with Gasteiger partial charge in [-0.3, -0.25) is 0 Å². The van der Waals surface area contributed by atoms with Gasteiger partial charge in [0.15, 0.2) is 0 Å². The van der Waals surface area contributed by atoms with Crippen LogP contribution in [0.25, 0.3) is 0 Å². The van der Waals surface area contributed by atoms with Crippen molar-refractivity contribution in [1.82, 2.24) is 4.31 Å².